The minimum absolute atomic E-state index is 0.513. The van der Waals surface area contributed by atoms with Gasteiger partial charge in [-0.2, -0.15) is 5.10 Å². The molecule has 1 radical (unpaired) electrons. The molecule has 2 heterocycles. The number of H-pyrrole nitrogens is 1. The Morgan fingerprint density at radius 3 is 3.15 bits per heavy atom. The Labute approximate surface area is 118 Å². The molecule has 0 bridgehead atoms. The zero-order valence-corrected chi connectivity index (χ0v) is 11.6. The van der Waals surface area contributed by atoms with Gasteiger partial charge in [-0.05, 0) is 37.8 Å². The smallest absolute Gasteiger partial charge is 0.153 e. The Morgan fingerprint density at radius 1 is 1.40 bits per heavy atom. The molecule has 2 N–H and O–H groups in total. The number of aromatic amines is 1. The first-order chi connectivity index (χ1) is 9.85. The minimum Gasteiger partial charge on any atom is -0.378 e. The van der Waals surface area contributed by atoms with Gasteiger partial charge in [-0.15, -0.1) is 0 Å². The molecule has 2 aromatic heterocycles. The molecule has 20 heavy (non-hydrogen) atoms. The summed E-state index contributed by atoms with van der Waals surface area (Å²) >= 11 is 0. The van der Waals surface area contributed by atoms with Crippen molar-refractivity contribution in [1.29, 1.82) is 0 Å². The molecular formula is C15H19N4O. The molecule has 1 aliphatic rings. The molecule has 1 fully saturated rings. The second-order valence-corrected chi connectivity index (χ2v) is 5.08. The van der Waals surface area contributed by atoms with Gasteiger partial charge in [0.05, 0.1) is 12.3 Å². The Kier molecular flexibility index (Phi) is 3.97. The number of aromatic nitrogens is 3. The lowest BCUT2D eigenvalue weighted by Gasteiger charge is -2.05. The standard InChI is InChI=1S/C15H19N4O/c1-20-10-12-7-4-8-14(16-12)17-15-9-13(18-19-15)11-5-2-3-6-11/h2,4,7-9,11H,3,5-6,10H2,1H3,(H2,16,17,18,19)/t11-/m0/s1. The van der Waals surface area contributed by atoms with Crippen molar-refractivity contribution in [3.8, 4) is 0 Å². The van der Waals surface area contributed by atoms with Gasteiger partial charge in [0.2, 0.25) is 0 Å². The SMILES string of the molecule is COCc1cccc(Nc2cc([C@H]3C[CH]CC3)[nH]n2)n1. The van der Waals surface area contributed by atoms with E-state index in [-0.39, 0.29) is 0 Å². The molecule has 1 atom stereocenters. The molecule has 0 aliphatic heterocycles. The Hall–Kier alpha value is -1.88. The van der Waals surface area contributed by atoms with E-state index in [0.29, 0.717) is 12.5 Å². The van der Waals surface area contributed by atoms with Gasteiger partial charge >= 0.3 is 0 Å². The second kappa shape index (κ2) is 6.05. The molecule has 0 spiro atoms. The van der Waals surface area contributed by atoms with Gasteiger partial charge in [-0.3, -0.25) is 5.10 Å². The van der Waals surface area contributed by atoms with E-state index in [1.54, 1.807) is 7.11 Å². The van der Waals surface area contributed by atoms with Crippen LogP contribution in [0.4, 0.5) is 11.6 Å². The van der Waals surface area contributed by atoms with Crippen LogP contribution in [-0.2, 0) is 11.3 Å². The monoisotopic (exact) mass is 271 g/mol. The highest BCUT2D eigenvalue weighted by molar-refractivity contribution is 5.52. The number of hydrogen-bond donors (Lipinski definition) is 2. The van der Waals surface area contributed by atoms with E-state index >= 15 is 0 Å². The number of nitrogens with zero attached hydrogens (tertiary/aromatic N) is 2. The van der Waals surface area contributed by atoms with E-state index in [1.807, 2.05) is 18.2 Å². The molecule has 2 aromatic rings. The summed E-state index contributed by atoms with van der Waals surface area (Å²) in [6, 6.07) is 7.91. The lowest BCUT2D eigenvalue weighted by Crippen LogP contribution is -1.98. The number of hydrogen-bond acceptors (Lipinski definition) is 4. The Morgan fingerprint density at radius 2 is 2.35 bits per heavy atom. The van der Waals surface area contributed by atoms with Crippen molar-refractivity contribution in [3.05, 3.63) is 42.1 Å². The van der Waals surface area contributed by atoms with Crippen molar-refractivity contribution in [1.82, 2.24) is 15.2 Å². The van der Waals surface area contributed by atoms with Crippen LogP contribution in [0.25, 0.3) is 0 Å². The van der Waals surface area contributed by atoms with Gasteiger partial charge in [-0.1, -0.05) is 6.07 Å². The lowest BCUT2D eigenvalue weighted by atomic mass is 10.0. The fraction of sp³-hybridized carbons (Fsp3) is 0.400. The largest absolute Gasteiger partial charge is 0.378 e. The summed E-state index contributed by atoms with van der Waals surface area (Å²) in [7, 11) is 1.67. The summed E-state index contributed by atoms with van der Waals surface area (Å²) in [6.07, 6.45) is 5.90. The van der Waals surface area contributed by atoms with Crippen molar-refractivity contribution in [2.45, 2.75) is 31.8 Å². The second-order valence-electron chi connectivity index (χ2n) is 5.08. The quantitative estimate of drug-likeness (QED) is 0.876. The van der Waals surface area contributed by atoms with Crippen molar-refractivity contribution < 1.29 is 4.74 Å². The van der Waals surface area contributed by atoms with E-state index in [4.69, 9.17) is 4.74 Å². The molecule has 0 unspecified atom stereocenters. The zero-order chi connectivity index (χ0) is 13.8. The maximum atomic E-state index is 5.09. The summed E-state index contributed by atoms with van der Waals surface area (Å²) in [5.74, 6) is 2.19. The Balaban J connectivity index is 1.69. The zero-order valence-electron chi connectivity index (χ0n) is 11.6. The number of anilines is 2. The van der Waals surface area contributed by atoms with Crippen LogP contribution in [-0.4, -0.2) is 22.3 Å². The number of nitrogens with one attached hydrogen (secondary N) is 2. The highest BCUT2D eigenvalue weighted by atomic mass is 16.5. The van der Waals surface area contributed by atoms with Crippen LogP contribution in [0, 0.1) is 6.42 Å². The number of pyridine rings is 1. The van der Waals surface area contributed by atoms with Gasteiger partial charge in [0, 0.05) is 24.8 Å². The van der Waals surface area contributed by atoms with Crippen LogP contribution >= 0.6 is 0 Å². The number of methoxy groups -OCH3 is 1. The molecule has 5 nitrogen and oxygen atoms in total. The number of ether oxygens (including phenoxy) is 1. The molecule has 0 amide bonds. The average molecular weight is 271 g/mol. The van der Waals surface area contributed by atoms with E-state index in [0.717, 1.165) is 23.8 Å². The summed E-state index contributed by atoms with van der Waals surface area (Å²) in [5, 5.41) is 10.7. The molecule has 0 saturated heterocycles. The van der Waals surface area contributed by atoms with Crippen LogP contribution in [0.15, 0.2) is 24.3 Å². The Bertz CT molecular complexity index is 561. The molecule has 1 aliphatic carbocycles. The van der Waals surface area contributed by atoms with Crippen LogP contribution < -0.4 is 5.32 Å². The maximum Gasteiger partial charge on any atom is 0.153 e. The van der Waals surface area contributed by atoms with E-state index in [9.17, 15) is 0 Å². The van der Waals surface area contributed by atoms with Gasteiger partial charge in [0.1, 0.15) is 5.82 Å². The lowest BCUT2D eigenvalue weighted by molar-refractivity contribution is 0.181. The fourth-order valence-electron chi connectivity index (χ4n) is 2.56. The third-order valence-electron chi connectivity index (χ3n) is 3.56. The first kappa shape index (κ1) is 13.1. The summed E-state index contributed by atoms with van der Waals surface area (Å²) < 4.78 is 5.09. The molecular weight excluding hydrogens is 252 g/mol. The molecule has 0 aromatic carbocycles. The van der Waals surface area contributed by atoms with E-state index in [1.165, 1.54) is 18.5 Å². The highest BCUT2D eigenvalue weighted by Crippen LogP contribution is 2.33. The van der Waals surface area contributed by atoms with Crippen molar-refractivity contribution in [2.75, 3.05) is 12.4 Å². The summed E-state index contributed by atoms with van der Waals surface area (Å²) in [6.45, 7) is 0.513. The summed E-state index contributed by atoms with van der Waals surface area (Å²) in [5.41, 5.74) is 2.10. The maximum absolute atomic E-state index is 5.09. The molecule has 3 rings (SSSR count). The van der Waals surface area contributed by atoms with E-state index < -0.39 is 0 Å². The fourth-order valence-corrected chi connectivity index (χ4v) is 2.56. The average Bonchev–Trinajstić information content (AvgIpc) is 3.10. The predicted molar refractivity (Wildman–Crippen MR) is 77.7 cm³/mol. The van der Waals surface area contributed by atoms with Gasteiger partial charge in [0.25, 0.3) is 0 Å². The number of rotatable bonds is 5. The van der Waals surface area contributed by atoms with Crippen LogP contribution in [0.1, 0.15) is 36.6 Å². The molecule has 5 heteroatoms. The van der Waals surface area contributed by atoms with Crippen molar-refractivity contribution in [2.24, 2.45) is 0 Å². The van der Waals surface area contributed by atoms with Gasteiger partial charge in [-0.25, -0.2) is 4.98 Å². The third-order valence-corrected chi connectivity index (χ3v) is 3.56. The van der Waals surface area contributed by atoms with Gasteiger partial charge < -0.3 is 10.1 Å². The van der Waals surface area contributed by atoms with Crippen LogP contribution in [0.2, 0.25) is 0 Å². The molecule has 1 saturated carbocycles. The normalized spacial score (nSPS) is 15.7. The van der Waals surface area contributed by atoms with E-state index in [2.05, 4.69) is 33.0 Å². The third kappa shape index (κ3) is 2.99. The van der Waals surface area contributed by atoms with Gasteiger partial charge in [0.15, 0.2) is 5.82 Å². The first-order valence-corrected chi connectivity index (χ1v) is 6.94. The predicted octanol–water partition coefficient (Wildman–Crippen LogP) is 3.17. The molecule has 105 valence electrons. The highest BCUT2D eigenvalue weighted by Gasteiger charge is 2.19. The van der Waals surface area contributed by atoms with Crippen LogP contribution in [0.3, 0.4) is 0 Å². The first-order valence-electron chi connectivity index (χ1n) is 6.94. The van der Waals surface area contributed by atoms with Crippen LogP contribution in [0.5, 0.6) is 0 Å². The van der Waals surface area contributed by atoms with Crippen molar-refractivity contribution in [3.63, 3.8) is 0 Å². The van der Waals surface area contributed by atoms with Crippen molar-refractivity contribution >= 4 is 11.6 Å². The topological polar surface area (TPSA) is 62.8 Å². The minimum atomic E-state index is 0.513. The summed E-state index contributed by atoms with van der Waals surface area (Å²) in [4.78, 5) is 4.47.